The van der Waals surface area contributed by atoms with Gasteiger partial charge in [-0.3, -0.25) is 0 Å². The Morgan fingerprint density at radius 2 is 0.723 bits per heavy atom. The molecule has 8 rings (SSSR count). The van der Waals surface area contributed by atoms with Gasteiger partial charge >= 0.3 is 0 Å². The Morgan fingerprint density at radius 3 is 1.45 bits per heavy atom. The van der Waals surface area contributed by atoms with Gasteiger partial charge in [-0.05, 0) is 92.2 Å². The Morgan fingerprint density at radius 1 is 0.255 bits per heavy atom. The molecule has 8 aromatic carbocycles. The number of anilines is 3. The Hall–Kier alpha value is -6.18. The van der Waals surface area contributed by atoms with Gasteiger partial charge in [0.05, 0.1) is 5.69 Å². The van der Waals surface area contributed by atoms with Crippen LogP contribution in [0.25, 0.3) is 55.3 Å². The highest BCUT2D eigenvalue weighted by Crippen LogP contribution is 2.41. The lowest BCUT2D eigenvalue weighted by Gasteiger charge is -2.28. The molecule has 0 aliphatic carbocycles. The van der Waals surface area contributed by atoms with Crippen LogP contribution in [0.15, 0.2) is 200 Å². The first-order valence-corrected chi connectivity index (χ1v) is 16.1. The van der Waals surface area contributed by atoms with Crippen LogP contribution in [0.4, 0.5) is 17.1 Å². The van der Waals surface area contributed by atoms with Crippen molar-refractivity contribution in [1.82, 2.24) is 0 Å². The fraction of sp³-hybridized carbons (Fsp3) is 0. The lowest BCUT2D eigenvalue weighted by atomic mass is 9.96. The molecular weight excluding hydrogens is 567 g/mol. The molecule has 0 bridgehead atoms. The molecule has 0 aromatic heterocycles. The van der Waals surface area contributed by atoms with E-state index < -0.39 is 0 Å². The highest BCUT2D eigenvalue weighted by molar-refractivity contribution is 5.89. The van der Waals surface area contributed by atoms with E-state index in [0.717, 1.165) is 17.1 Å². The van der Waals surface area contributed by atoms with Crippen LogP contribution in [0, 0.1) is 0 Å². The maximum absolute atomic E-state index is 2.34. The van der Waals surface area contributed by atoms with E-state index >= 15 is 0 Å². The molecule has 47 heavy (non-hydrogen) atoms. The summed E-state index contributed by atoms with van der Waals surface area (Å²) in [5.41, 5.74) is 13.1. The normalized spacial score (nSPS) is 11.0. The summed E-state index contributed by atoms with van der Waals surface area (Å²) in [7, 11) is 0. The highest BCUT2D eigenvalue weighted by Gasteiger charge is 2.17. The third-order valence-corrected chi connectivity index (χ3v) is 8.87. The highest BCUT2D eigenvalue weighted by atomic mass is 15.1. The second kappa shape index (κ2) is 12.7. The average molecular weight is 600 g/mol. The minimum atomic E-state index is 1.12. The second-order valence-corrected chi connectivity index (χ2v) is 11.8. The Kier molecular flexibility index (Phi) is 7.63. The van der Waals surface area contributed by atoms with Crippen LogP contribution in [-0.4, -0.2) is 0 Å². The van der Waals surface area contributed by atoms with E-state index in [1.165, 1.54) is 55.3 Å². The van der Waals surface area contributed by atoms with E-state index in [4.69, 9.17) is 0 Å². The van der Waals surface area contributed by atoms with E-state index in [1.807, 2.05) is 0 Å². The quantitative estimate of drug-likeness (QED) is 0.176. The average Bonchev–Trinajstić information content (AvgIpc) is 3.16. The van der Waals surface area contributed by atoms with Crippen molar-refractivity contribution < 1.29 is 0 Å². The molecular formula is C46H33N. The third-order valence-electron chi connectivity index (χ3n) is 8.87. The van der Waals surface area contributed by atoms with Crippen LogP contribution in [0.2, 0.25) is 0 Å². The molecule has 0 saturated heterocycles. The van der Waals surface area contributed by atoms with Crippen LogP contribution < -0.4 is 4.90 Å². The summed E-state index contributed by atoms with van der Waals surface area (Å²) < 4.78 is 0. The minimum absolute atomic E-state index is 1.12. The van der Waals surface area contributed by atoms with Gasteiger partial charge in [-0.15, -0.1) is 0 Å². The predicted octanol–water partition coefficient (Wildman–Crippen LogP) is 13.0. The molecule has 0 amide bonds. The van der Waals surface area contributed by atoms with Crippen molar-refractivity contribution in [2.24, 2.45) is 0 Å². The summed E-state index contributed by atoms with van der Waals surface area (Å²) in [6, 6.07) is 71.7. The smallest absolute Gasteiger partial charge is 0.0540 e. The van der Waals surface area contributed by atoms with Crippen molar-refractivity contribution in [3.05, 3.63) is 200 Å². The van der Waals surface area contributed by atoms with Crippen LogP contribution in [0.1, 0.15) is 0 Å². The molecule has 0 aliphatic heterocycles. The fourth-order valence-electron chi connectivity index (χ4n) is 6.44. The molecule has 0 radical (unpaired) electrons. The Bertz CT molecular complexity index is 2270. The van der Waals surface area contributed by atoms with Crippen LogP contribution >= 0.6 is 0 Å². The SMILES string of the molecule is c1ccc(-c2ccccc2N(c2ccccc2)c2ccc(-c3ccc(-c4cccc(-c5ccc6ccccc6c5)c4)cc3)cc2)cc1. The van der Waals surface area contributed by atoms with Gasteiger partial charge in [0, 0.05) is 16.9 Å². The summed E-state index contributed by atoms with van der Waals surface area (Å²) in [5.74, 6) is 0. The van der Waals surface area contributed by atoms with Gasteiger partial charge in [0.15, 0.2) is 0 Å². The zero-order valence-corrected chi connectivity index (χ0v) is 26.0. The summed E-state index contributed by atoms with van der Waals surface area (Å²) in [4.78, 5) is 2.34. The van der Waals surface area contributed by atoms with Gasteiger partial charge in [-0.2, -0.15) is 0 Å². The maximum atomic E-state index is 2.34. The maximum Gasteiger partial charge on any atom is 0.0540 e. The van der Waals surface area contributed by atoms with Gasteiger partial charge in [0.1, 0.15) is 0 Å². The standard InChI is InChI=1S/C46H33N/c1-3-13-38(14-4-1)45-20-9-10-21-46(45)47(43-18-5-2-6-19-43)44-30-28-36(29-31-44)35-22-24-37(25-23-35)40-16-11-17-41(32-40)42-27-26-34-12-7-8-15-39(34)33-42/h1-33H. The van der Waals surface area contributed by atoms with Crippen LogP contribution in [-0.2, 0) is 0 Å². The van der Waals surface area contributed by atoms with Gasteiger partial charge in [-0.1, -0.05) is 158 Å². The number of fused-ring (bicyclic) bond motifs is 1. The van der Waals surface area contributed by atoms with Gasteiger partial charge in [0.25, 0.3) is 0 Å². The largest absolute Gasteiger partial charge is 0.310 e. The van der Waals surface area contributed by atoms with Crippen molar-refractivity contribution in [2.45, 2.75) is 0 Å². The fourth-order valence-corrected chi connectivity index (χ4v) is 6.44. The molecule has 222 valence electrons. The summed E-state index contributed by atoms with van der Waals surface area (Å²) in [5, 5.41) is 2.53. The van der Waals surface area contributed by atoms with Gasteiger partial charge in [0.2, 0.25) is 0 Å². The van der Waals surface area contributed by atoms with Gasteiger partial charge < -0.3 is 4.90 Å². The number of nitrogens with zero attached hydrogens (tertiary/aromatic N) is 1. The molecule has 0 N–H and O–H groups in total. The summed E-state index contributed by atoms with van der Waals surface area (Å²) in [6.07, 6.45) is 0. The molecule has 0 fully saturated rings. The number of hydrogen-bond acceptors (Lipinski definition) is 1. The summed E-state index contributed by atoms with van der Waals surface area (Å²) >= 11 is 0. The lowest BCUT2D eigenvalue weighted by Crippen LogP contribution is -2.11. The monoisotopic (exact) mass is 599 g/mol. The van der Waals surface area contributed by atoms with E-state index in [0.29, 0.717) is 0 Å². The van der Waals surface area contributed by atoms with Crippen molar-refractivity contribution in [2.75, 3.05) is 4.90 Å². The number of hydrogen-bond donors (Lipinski definition) is 0. The topological polar surface area (TPSA) is 3.24 Å². The molecule has 8 aromatic rings. The van der Waals surface area contributed by atoms with E-state index in [9.17, 15) is 0 Å². The van der Waals surface area contributed by atoms with Crippen LogP contribution in [0.3, 0.4) is 0 Å². The molecule has 1 heteroatoms. The van der Waals surface area contributed by atoms with Crippen molar-refractivity contribution in [1.29, 1.82) is 0 Å². The molecule has 0 saturated carbocycles. The molecule has 0 spiro atoms. The van der Waals surface area contributed by atoms with E-state index in [2.05, 4.69) is 205 Å². The lowest BCUT2D eigenvalue weighted by molar-refractivity contribution is 1.28. The zero-order chi connectivity index (χ0) is 31.4. The van der Waals surface area contributed by atoms with Crippen molar-refractivity contribution in [3.63, 3.8) is 0 Å². The minimum Gasteiger partial charge on any atom is -0.310 e. The zero-order valence-electron chi connectivity index (χ0n) is 26.0. The van der Waals surface area contributed by atoms with Gasteiger partial charge in [-0.25, -0.2) is 0 Å². The molecule has 0 heterocycles. The second-order valence-electron chi connectivity index (χ2n) is 11.8. The third kappa shape index (κ3) is 5.83. The van der Waals surface area contributed by atoms with Crippen molar-refractivity contribution in [3.8, 4) is 44.5 Å². The Balaban J connectivity index is 1.09. The molecule has 0 aliphatic rings. The summed E-state index contributed by atoms with van der Waals surface area (Å²) in [6.45, 7) is 0. The van der Waals surface area contributed by atoms with Crippen molar-refractivity contribution >= 4 is 27.8 Å². The number of para-hydroxylation sites is 2. The van der Waals surface area contributed by atoms with E-state index in [-0.39, 0.29) is 0 Å². The Labute approximate surface area is 276 Å². The number of rotatable bonds is 7. The first-order valence-electron chi connectivity index (χ1n) is 16.1. The van der Waals surface area contributed by atoms with E-state index in [1.54, 1.807) is 0 Å². The predicted molar refractivity (Wildman–Crippen MR) is 200 cm³/mol. The number of benzene rings is 8. The molecule has 0 unspecified atom stereocenters. The first-order chi connectivity index (χ1) is 23.3. The molecule has 0 atom stereocenters. The first kappa shape index (κ1) is 28.3. The molecule has 1 nitrogen and oxygen atoms in total. The van der Waals surface area contributed by atoms with Crippen LogP contribution in [0.5, 0.6) is 0 Å².